The molecule has 3 aromatic heterocycles. The van der Waals surface area contributed by atoms with Crippen LogP contribution in [-0.4, -0.2) is 52.9 Å². The van der Waals surface area contributed by atoms with Gasteiger partial charge in [-0.05, 0) is 63.0 Å². The van der Waals surface area contributed by atoms with E-state index in [0.29, 0.717) is 53.9 Å². The molecular formula is C26H28N4O4. The van der Waals surface area contributed by atoms with Crippen molar-refractivity contribution in [1.29, 1.82) is 0 Å². The Morgan fingerprint density at radius 3 is 2.29 bits per heavy atom. The number of aromatic nitrogens is 3. The molecule has 8 heteroatoms. The third-order valence-corrected chi connectivity index (χ3v) is 6.06. The van der Waals surface area contributed by atoms with Crippen LogP contribution in [-0.2, 0) is 13.1 Å². The molecule has 0 fully saturated rings. The normalized spacial score (nSPS) is 13.5. The fraction of sp³-hybridized carbons (Fsp3) is 0.346. The highest BCUT2D eigenvalue weighted by molar-refractivity contribution is 5.91. The average molecular weight is 461 g/mol. The lowest BCUT2D eigenvalue weighted by atomic mass is 10.1. The van der Waals surface area contributed by atoms with E-state index in [9.17, 15) is 9.59 Å². The molecule has 0 saturated carbocycles. The molecule has 1 aliphatic heterocycles. The first-order chi connectivity index (χ1) is 16.5. The van der Waals surface area contributed by atoms with E-state index in [2.05, 4.69) is 9.88 Å². The smallest absolute Gasteiger partial charge is 0.260 e. The van der Waals surface area contributed by atoms with Crippen LogP contribution in [0.15, 0.2) is 58.4 Å². The highest BCUT2D eigenvalue weighted by Crippen LogP contribution is 2.30. The van der Waals surface area contributed by atoms with Crippen LogP contribution in [0, 0.1) is 0 Å². The third kappa shape index (κ3) is 4.41. The molecule has 0 spiro atoms. The monoisotopic (exact) mass is 460 g/mol. The van der Waals surface area contributed by atoms with Crippen LogP contribution in [0.25, 0.3) is 21.8 Å². The van der Waals surface area contributed by atoms with Crippen LogP contribution >= 0.6 is 0 Å². The minimum absolute atomic E-state index is 0.122. The first-order valence-electron chi connectivity index (χ1n) is 11.6. The van der Waals surface area contributed by atoms with Crippen molar-refractivity contribution in [2.45, 2.75) is 25.9 Å². The highest BCUT2D eigenvalue weighted by atomic mass is 16.5. The van der Waals surface area contributed by atoms with Gasteiger partial charge >= 0.3 is 0 Å². The molecule has 0 unspecified atom stereocenters. The first-order valence-corrected chi connectivity index (χ1v) is 11.6. The summed E-state index contributed by atoms with van der Waals surface area (Å²) in [7, 11) is 4.02. The Kier molecular flexibility index (Phi) is 6.06. The number of fused-ring (bicyclic) bond motifs is 3. The summed E-state index contributed by atoms with van der Waals surface area (Å²) in [5.41, 5.74) is 1.81. The Labute approximate surface area is 197 Å². The standard InChI is InChI=1S/C26H28N4O4/c1-28(2)9-3-10-29-11-7-21-19(25(29)31)16-20-22(27-21)8-12-30(26(20)32)17-18-5-6-23-24(15-18)34-14-4-13-33-23/h5-8,11-12,15-16H,3-4,9-10,13-14,17H2,1-2H3. The summed E-state index contributed by atoms with van der Waals surface area (Å²) in [5.74, 6) is 1.43. The number of pyridine rings is 3. The van der Waals surface area contributed by atoms with Gasteiger partial charge in [-0.1, -0.05) is 6.07 Å². The van der Waals surface area contributed by atoms with Crippen LogP contribution in [0.2, 0.25) is 0 Å². The minimum atomic E-state index is -0.179. The van der Waals surface area contributed by atoms with Gasteiger partial charge in [-0.15, -0.1) is 0 Å². The highest BCUT2D eigenvalue weighted by Gasteiger charge is 2.13. The van der Waals surface area contributed by atoms with Gasteiger partial charge in [0.2, 0.25) is 0 Å². The van der Waals surface area contributed by atoms with Gasteiger partial charge < -0.3 is 23.5 Å². The molecule has 4 heterocycles. The molecule has 0 radical (unpaired) electrons. The second-order valence-electron chi connectivity index (χ2n) is 8.91. The lowest BCUT2D eigenvalue weighted by Gasteiger charge is -2.12. The molecule has 0 bridgehead atoms. The van der Waals surface area contributed by atoms with E-state index < -0.39 is 0 Å². The molecule has 1 aromatic carbocycles. The third-order valence-electron chi connectivity index (χ3n) is 6.06. The fourth-order valence-electron chi connectivity index (χ4n) is 4.27. The van der Waals surface area contributed by atoms with Crippen LogP contribution in [0.5, 0.6) is 11.5 Å². The molecule has 0 amide bonds. The fourth-order valence-corrected chi connectivity index (χ4v) is 4.27. The summed E-state index contributed by atoms with van der Waals surface area (Å²) in [6.07, 6.45) is 5.23. The van der Waals surface area contributed by atoms with Crippen LogP contribution in [0.1, 0.15) is 18.4 Å². The molecule has 0 saturated heterocycles. The predicted octanol–water partition coefficient (Wildman–Crippen LogP) is 2.87. The van der Waals surface area contributed by atoms with Gasteiger partial charge in [0.1, 0.15) is 0 Å². The number of hydrogen-bond acceptors (Lipinski definition) is 6. The van der Waals surface area contributed by atoms with Gasteiger partial charge in [0, 0.05) is 25.4 Å². The molecule has 4 aromatic rings. The molecule has 34 heavy (non-hydrogen) atoms. The van der Waals surface area contributed by atoms with Crippen molar-refractivity contribution >= 4 is 21.8 Å². The van der Waals surface area contributed by atoms with Crippen LogP contribution in [0.3, 0.4) is 0 Å². The number of rotatable bonds is 6. The second kappa shape index (κ2) is 9.30. The molecule has 176 valence electrons. The van der Waals surface area contributed by atoms with Crippen molar-refractivity contribution in [1.82, 2.24) is 19.0 Å². The Balaban J connectivity index is 1.49. The van der Waals surface area contributed by atoms with Crippen molar-refractivity contribution < 1.29 is 9.47 Å². The summed E-state index contributed by atoms with van der Waals surface area (Å²) in [5, 5.41) is 0.901. The van der Waals surface area contributed by atoms with E-state index in [1.165, 1.54) is 0 Å². The number of nitrogens with zero attached hydrogens (tertiary/aromatic N) is 4. The molecule has 8 nitrogen and oxygen atoms in total. The van der Waals surface area contributed by atoms with Crippen molar-refractivity contribution in [3.63, 3.8) is 0 Å². The lowest BCUT2D eigenvalue weighted by molar-refractivity contribution is 0.297. The van der Waals surface area contributed by atoms with Gasteiger partial charge in [0.25, 0.3) is 11.1 Å². The van der Waals surface area contributed by atoms with E-state index in [0.717, 1.165) is 30.7 Å². The number of aryl methyl sites for hydroxylation is 1. The van der Waals surface area contributed by atoms with Gasteiger partial charge in [-0.25, -0.2) is 4.98 Å². The zero-order valence-electron chi connectivity index (χ0n) is 19.5. The van der Waals surface area contributed by atoms with E-state index in [-0.39, 0.29) is 11.1 Å². The number of ether oxygens (including phenoxy) is 2. The number of benzene rings is 1. The van der Waals surface area contributed by atoms with Crippen molar-refractivity contribution in [3.8, 4) is 11.5 Å². The Hall–Kier alpha value is -3.65. The van der Waals surface area contributed by atoms with Gasteiger partial charge in [0.15, 0.2) is 11.5 Å². The average Bonchev–Trinajstić information content (AvgIpc) is 3.07. The minimum Gasteiger partial charge on any atom is -0.490 e. The van der Waals surface area contributed by atoms with Crippen LogP contribution in [0.4, 0.5) is 0 Å². The Morgan fingerprint density at radius 2 is 1.56 bits per heavy atom. The second-order valence-corrected chi connectivity index (χ2v) is 8.91. The quantitative estimate of drug-likeness (QED) is 0.412. The zero-order valence-corrected chi connectivity index (χ0v) is 19.5. The topological polar surface area (TPSA) is 78.6 Å². The summed E-state index contributed by atoms with van der Waals surface area (Å²) in [4.78, 5) is 33.1. The maximum Gasteiger partial charge on any atom is 0.260 e. The molecular weight excluding hydrogens is 432 g/mol. The van der Waals surface area contributed by atoms with E-state index in [4.69, 9.17) is 9.47 Å². The molecule has 5 rings (SSSR count). The Bertz CT molecular complexity index is 1470. The lowest BCUT2D eigenvalue weighted by Crippen LogP contribution is -2.24. The predicted molar refractivity (Wildman–Crippen MR) is 132 cm³/mol. The summed E-state index contributed by atoms with van der Waals surface area (Å²) >= 11 is 0. The van der Waals surface area contributed by atoms with Gasteiger partial charge in [0.05, 0.1) is 41.6 Å². The molecule has 0 atom stereocenters. The van der Waals surface area contributed by atoms with Gasteiger partial charge in [-0.2, -0.15) is 0 Å². The largest absolute Gasteiger partial charge is 0.490 e. The summed E-state index contributed by atoms with van der Waals surface area (Å²) in [6, 6.07) is 11.1. The molecule has 1 aliphatic rings. The van der Waals surface area contributed by atoms with Crippen LogP contribution < -0.4 is 20.6 Å². The first kappa shape index (κ1) is 22.2. The molecule has 0 N–H and O–H groups in total. The van der Waals surface area contributed by atoms with Crippen molar-refractivity contribution in [3.05, 3.63) is 75.1 Å². The van der Waals surface area contributed by atoms with Crippen molar-refractivity contribution in [2.24, 2.45) is 0 Å². The van der Waals surface area contributed by atoms with E-state index in [1.807, 2.05) is 44.4 Å². The SMILES string of the molecule is CN(C)CCCn1ccc2nc3ccn(Cc4ccc5c(c4)OCCCO5)c(=O)c3cc2c1=O. The van der Waals surface area contributed by atoms with E-state index in [1.54, 1.807) is 27.6 Å². The Morgan fingerprint density at radius 1 is 0.882 bits per heavy atom. The maximum atomic E-state index is 13.3. The summed E-state index contributed by atoms with van der Waals surface area (Å²) in [6.45, 7) is 3.14. The maximum absolute atomic E-state index is 13.3. The zero-order chi connectivity index (χ0) is 23.7. The van der Waals surface area contributed by atoms with Crippen molar-refractivity contribution in [2.75, 3.05) is 33.9 Å². The number of hydrogen-bond donors (Lipinski definition) is 0. The summed E-state index contributed by atoms with van der Waals surface area (Å²) < 4.78 is 14.8. The van der Waals surface area contributed by atoms with E-state index >= 15 is 0 Å². The van der Waals surface area contributed by atoms with Gasteiger partial charge in [-0.3, -0.25) is 9.59 Å². The molecule has 0 aliphatic carbocycles.